The van der Waals surface area contributed by atoms with E-state index >= 15 is 0 Å². The van der Waals surface area contributed by atoms with Crippen molar-refractivity contribution < 1.29 is 24.2 Å². The Balaban J connectivity index is 1.64. The van der Waals surface area contributed by atoms with E-state index in [0.717, 1.165) is 31.1 Å². The van der Waals surface area contributed by atoms with E-state index in [0.29, 0.717) is 24.3 Å². The molecule has 1 fully saturated rings. The fourth-order valence-corrected chi connectivity index (χ4v) is 4.92. The van der Waals surface area contributed by atoms with E-state index in [1.807, 2.05) is 43.0 Å². The van der Waals surface area contributed by atoms with E-state index in [1.54, 1.807) is 24.3 Å². The highest BCUT2D eigenvalue weighted by molar-refractivity contribution is 7.83. The van der Waals surface area contributed by atoms with Crippen LogP contribution in [0.4, 0.5) is 5.69 Å². The number of anilines is 1. The number of thiol groups is 1. The van der Waals surface area contributed by atoms with Crippen LogP contribution in [0.3, 0.4) is 0 Å². The lowest BCUT2D eigenvalue weighted by Gasteiger charge is -2.35. The number of hydrogen-bond donors (Lipinski definition) is 3. The lowest BCUT2D eigenvalue weighted by atomic mass is 10.0. The first-order chi connectivity index (χ1) is 19.0. The van der Waals surface area contributed by atoms with Gasteiger partial charge >= 0.3 is 5.97 Å². The second-order valence-corrected chi connectivity index (χ2v) is 11.3. The summed E-state index contributed by atoms with van der Waals surface area (Å²) < 4.78 is 3.64. The van der Waals surface area contributed by atoms with Gasteiger partial charge in [0, 0.05) is 55.5 Å². The van der Waals surface area contributed by atoms with Crippen molar-refractivity contribution in [2.75, 3.05) is 57.3 Å². The molecule has 0 radical (unpaired) electrons. The molecule has 0 aliphatic carbocycles. The van der Waals surface area contributed by atoms with Gasteiger partial charge in [-0.1, -0.05) is 23.7 Å². The average Bonchev–Trinajstić information content (AvgIpc) is 2.94. The molecule has 9 nitrogen and oxygen atoms in total. The number of carboxylic acid groups (broad SMARTS) is 1. The van der Waals surface area contributed by atoms with Crippen molar-refractivity contribution in [1.82, 2.24) is 9.80 Å². The van der Waals surface area contributed by atoms with Gasteiger partial charge in [0.2, 0.25) is 0 Å². The summed E-state index contributed by atoms with van der Waals surface area (Å²) in [5.41, 5.74) is 7.78. The minimum absolute atomic E-state index is 0.0142. The maximum atomic E-state index is 13.4. The molecule has 2 aromatic carbocycles. The molecule has 1 heterocycles. The second kappa shape index (κ2) is 14.8. The Morgan fingerprint density at radius 1 is 1.07 bits per heavy atom. The molecule has 0 unspecified atom stereocenters. The fourth-order valence-electron chi connectivity index (χ4n) is 4.54. The molecule has 2 aromatic rings. The molecule has 11 heteroatoms. The molecular formula is C29H39ClN4O5S. The Morgan fingerprint density at radius 3 is 2.25 bits per heavy atom. The number of benzene rings is 2. The van der Waals surface area contributed by atoms with Gasteiger partial charge in [0.25, 0.3) is 11.8 Å². The molecule has 0 aromatic heterocycles. The summed E-state index contributed by atoms with van der Waals surface area (Å²) in [5.74, 6) is -2.14. The molecule has 0 saturated carbocycles. The second-order valence-electron chi connectivity index (χ2n) is 10.1. The first-order valence-corrected chi connectivity index (χ1v) is 14.3. The third-order valence-corrected chi connectivity index (χ3v) is 7.80. The largest absolute Gasteiger partial charge is 0.480 e. The Hall–Kier alpha value is -2.63. The molecule has 1 aliphatic rings. The van der Waals surface area contributed by atoms with Crippen LogP contribution < -0.4 is 10.6 Å². The van der Waals surface area contributed by atoms with Crippen LogP contribution in [0.1, 0.15) is 36.2 Å². The Morgan fingerprint density at radius 2 is 1.70 bits per heavy atom. The minimum atomic E-state index is -1.98. The number of ether oxygens (including phenoxy) is 1. The highest BCUT2D eigenvalue weighted by Crippen LogP contribution is 2.27. The summed E-state index contributed by atoms with van der Waals surface area (Å²) in [6.07, 6.45) is 0.734. The molecule has 40 heavy (non-hydrogen) atoms. The predicted octanol–water partition coefficient (Wildman–Crippen LogP) is 3.20. The average molecular weight is 591 g/mol. The van der Waals surface area contributed by atoms with Crippen LogP contribution in [-0.2, 0) is 20.7 Å². The normalized spacial score (nSPS) is 15.6. The van der Waals surface area contributed by atoms with E-state index in [1.165, 1.54) is 10.5 Å². The third-order valence-electron chi connectivity index (χ3n) is 6.94. The van der Waals surface area contributed by atoms with Gasteiger partial charge < -0.3 is 25.4 Å². The molecule has 218 valence electrons. The number of halogens is 1. The summed E-state index contributed by atoms with van der Waals surface area (Å²) in [4.78, 5) is 44.1. The van der Waals surface area contributed by atoms with Gasteiger partial charge in [-0.25, -0.2) is 0 Å². The fraction of sp³-hybridized carbons (Fsp3) is 0.483. The van der Waals surface area contributed by atoms with Gasteiger partial charge in [-0.05, 0) is 75.2 Å². The summed E-state index contributed by atoms with van der Waals surface area (Å²) >= 11 is 10.2. The van der Waals surface area contributed by atoms with Crippen LogP contribution in [0.15, 0.2) is 48.5 Å². The Kier molecular flexibility index (Phi) is 11.8. The van der Waals surface area contributed by atoms with Crippen molar-refractivity contribution in [3.8, 4) is 0 Å². The van der Waals surface area contributed by atoms with E-state index in [9.17, 15) is 19.5 Å². The standard InChI is InChI=1S/C29H39ClN4O5S/c1-21(2)39-20-19-34(27(36)29(40,12-13-31)28(37)38)25-9-5-23(6-10-25)26(35)33-17-15-32(16-18-33)14-11-22-3-7-24(30)8-4-22/h3-10,21,40H,11-20,31H2,1-2H3,(H,37,38)/t29-/m1/s1. The van der Waals surface area contributed by atoms with Crippen LogP contribution >= 0.6 is 24.2 Å². The third kappa shape index (κ3) is 8.44. The first kappa shape index (κ1) is 31.9. The van der Waals surface area contributed by atoms with Gasteiger partial charge in [0.05, 0.1) is 12.7 Å². The number of carboxylic acids is 1. The van der Waals surface area contributed by atoms with E-state index < -0.39 is 16.6 Å². The molecule has 3 N–H and O–H groups in total. The van der Waals surface area contributed by atoms with Crippen LogP contribution in [-0.4, -0.2) is 96.0 Å². The van der Waals surface area contributed by atoms with Gasteiger partial charge in [0.15, 0.2) is 4.75 Å². The van der Waals surface area contributed by atoms with Crippen LogP contribution in [0.5, 0.6) is 0 Å². The van der Waals surface area contributed by atoms with Crippen molar-refractivity contribution in [3.05, 3.63) is 64.7 Å². The molecule has 1 aliphatic heterocycles. The first-order valence-electron chi connectivity index (χ1n) is 13.5. The molecular weight excluding hydrogens is 552 g/mol. The molecule has 3 rings (SSSR count). The molecule has 1 saturated heterocycles. The maximum absolute atomic E-state index is 13.4. The highest BCUT2D eigenvalue weighted by Gasteiger charge is 2.45. The van der Waals surface area contributed by atoms with Gasteiger partial charge in [-0.3, -0.25) is 19.3 Å². The number of nitrogens with zero attached hydrogens (tertiary/aromatic N) is 3. The van der Waals surface area contributed by atoms with Gasteiger partial charge in [0.1, 0.15) is 0 Å². The predicted molar refractivity (Wildman–Crippen MR) is 160 cm³/mol. The summed E-state index contributed by atoms with van der Waals surface area (Å²) in [5, 5.41) is 10.5. The number of amides is 2. The van der Waals surface area contributed by atoms with Crippen LogP contribution in [0.2, 0.25) is 5.02 Å². The van der Waals surface area contributed by atoms with Gasteiger partial charge in [-0.2, -0.15) is 12.6 Å². The monoisotopic (exact) mass is 590 g/mol. The summed E-state index contributed by atoms with van der Waals surface area (Å²) in [6, 6.07) is 14.5. The van der Waals surface area contributed by atoms with Crippen LogP contribution in [0, 0.1) is 0 Å². The topological polar surface area (TPSA) is 116 Å². The minimum Gasteiger partial charge on any atom is -0.480 e. The summed E-state index contributed by atoms with van der Waals surface area (Å²) in [6.45, 7) is 7.81. The number of carbonyl (C=O) groups excluding carboxylic acids is 2. The Labute approximate surface area is 246 Å². The zero-order valence-electron chi connectivity index (χ0n) is 23.1. The lowest BCUT2D eigenvalue weighted by Crippen LogP contribution is -2.52. The van der Waals surface area contributed by atoms with E-state index in [2.05, 4.69) is 17.5 Å². The number of rotatable bonds is 13. The Bertz CT molecular complexity index is 1140. The maximum Gasteiger partial charge on any atom is 0.329 e. The van der Waals surface area contributed by atoms with Gasteiger partial charge in [-0.15, -0.1) is 0 Å². The number of carbonyl (C=O) groups is 3. The smallest absolute Gasteiger partial charge is 0.329 e. The molecule has 0 spiro atoms. The van der Waals surface area contributed by atoms with Crippen molar-refractivity contribution in [2.45, 2.75) is 37.5 Å². The molecule has 2 amide bonds. The summed E-state index contributed by atoms with van der Waals surface area (Å²) in [7, 11) is 0. The van der Waals surface area contributed by atoms with Crippen molar-refractivity contribution in [2.24, 2.45) is 5.73 Å². The number of hydrogen-bond acceptors (Lipinski definition) is 7. The van der Waals surface area contributed by atoms with Crippen molar-refractivity contribution >= 4 is 47.7 Å². The lowest BCUT2D eigenvalue weighted by molar-refractivity contribution is -0.144. The van der Waals surface area contributed by atoms with Crippen LogP contribution in [0.25, 0.3) is 0 Å². The molecule has 1 atom stereocenters. The quantitative estimate of drug-likeness (QED) is 0.242. The number of aliphatic carboxylic acids is 1. The number of piperazine rings is 1. The van der Waals surface area contributed by atoms with Crippen molar-refractivity contribution in [3.63, 3.8) is 0 Å². The SMILES string of the molecule is CC(C)OCCN(C(=O)[C@](S)(CCN)C(=O)O)c1ccc(C(=O)N2CCN(CCc3ccc(Cl)cc3)CC2)cc1. The number of nitrogens with two attached hydrogens (primary N) is 1. The van der Waals surface area contributed by atoms with E-state index in [4.69, 9.17) is 22.1 Å². The molecule has 0 bridgehead atoms. The zero-order valence-corrected chi connectivity index (χ0v) is 24.7. The zero-order chi connectivity index (χ0) is 29.3. The van der Waals surface area contributed by atoms with Crippen molar-refractivity contribution in [1.29, 1.82) is 0 Å². The van der Waals surface area contributed by atoms with E-state index in [-0.39, 0.29) is 38.1 Å². The highest BCUT2D eigenvalue weighted by atomic mass is 35.5.